The zero-order valence-electron chi connectivity index (χ0n) is 12.9. The highest BCUT2D eigenvalue weighted by Crippen LogP contribution is 2.29. The molecule has 25 heavy (non-hydrogen) atoms. The number of nitrogens with two attached hydrogens (primary N) is 1. The van der Waals surface area contributed by atoms with Crippen LogP contribution in [0.15, 0.2) is 54.7 Å². The molecule has 2 heterocycles. The van der Waals surface area contributed by atoms with Crippen molar-refractivity contribution < 1.29 is 9.50 Å². The monoisotopic (exact) mass is 336 g/mol. The van der Waals surface area contributed by atoms with Crippen LogP contribution in [0.4, 0.5) is 21.8 Å². The summed E-state index contributed by atoms with van der Waals surface area (Å²) in [7, 11) is 0. The third-order valence-electron chi connectivity index (χ3n) is 3.69. The summed E-state index contributed by atoms with van der Waals surface area (Å²) in [4.78, 5) is 8.55. The summed E-state index contributed by atoms with van der Waals surface area (Å²) >= 11 is 0. The van der Waals surface area contributed by atoms with Crippen LogP contribution in [0.2, 0.25) is 0 Å². The standard InChI is InChI=1S/C17H13FN6O/c18-12-7-4-8-13(14(12)25)21-17-22-15(19)11-9-20-24(16(11)23-17)10-5-2-1-3-6-10/h1-9,25H,(H3,19,21,22,23). The molecular formula is C17H13FN6O. The quantitative estimate of drug-likeness (QED) is 0.497. The van der Waals surface area contributed by atoms with E-state index in [4.69, 9.17) is 5.73 Å². The lowest BCUT2D eigenvalue weighted by Gasteiger charge is -2.09. The van der Waals surface area contributed by atoms with E-state index in [2.05, 4.69) is 20.4 Å². The average Bonchev–Trinajstić information content (AvgIpc) is 3.04. The molecule has 0 atom stereocenters. The first kappa shape index (κ1) is 14.9. The van der Waals surface area contributed by atoms with Crippen LogP contribution in [0.1, 0.15) is 0 Å². The molecule has 0 saturated heterocycles. The van der Waals surface area contributed by atoms with E-state index in [9.17, 15) is 9.50 Å². The smallest absolute Gasteiger partial charge is 0.231 e. The number of phenolic OH excluding ortho intramolecular Hbond substituents is 1. The van der Waals surface area contributed by atoms with Crippen molar-refractivity contribution in [1.82, 2.24) is 19.7 Å². The van der Waals surface area contributed by atoms with Crippen molar-refractivity contribution in [3.8, 4) is 11.4 Å². The Morgan fingerprint density at radius 3 is 2.64 bits per heavy atom. The van der Waals surface area contributed by atoms with Gasteiger partial charge in [0.05, 0.1) is 23.0 Å². The van der Waals surface area contributed by atoms with Crippen LogP contribution in [0, 0.1) is 5.82 Å². The van der Waals surface area contributed by atoms with Gasteiger partial charge in [-0.1, -0.05) is 24.3 Å². The van der Waals surface area contributed by atoms with E-state index in [1.54, 1.807) is 10.9 Å². The number of nitrogen functional groups attached to an aromatic ring is 1. The predicted octanol–water partition coefficient (Wildman–Crippen LogP) is 2.99. The summed E-state index contributed by atoms with van der Waals surface area (Å²) in [6.45, 7) is 0. The van der Waals surface area contributed by atoms with Gasteiger partial charge in [-0.2, -0.15) is 15.1 Å². The van der Waals surface area contributed by atoms with E-state index in [0.29, 0.717) is 11.0 Å². The summed E-state index contributed by atoms with van der Waals surface area (Å²) in [5.41, 5.74) is 7.44. The van der Waals surface area contributed by atoms with E-state index in [-0.39, 0.29) is 17.5 Å². The van der Waals surface area contributed by atoms with Crippen molar-refractivity contribution in [1.29, 1.82) is 0 Å². The molecular weight excluding hydrogens is 323 g/mol. The maximum atomic E-state index is 13.5. The Hall–Kier alpha value is -3.68. The van der Waals surface area contributed by atoms with E-state index in [1.165, 1.54) is 12.1 Å². The minimum atomic E-state index is -0.742. The van der Waals surface area contributed by atoms with Crippen LogP contribution in [0.3, 0.4) is 0 Å². The fourth-order valence-corrected chi connectivity index (χ4v) is 2.48. The SMILES string of the molecule is Nc1nc(Nc2cccc(F)c2O)nc2c1cnn2-c1ccccc1. The molecule has 124 valence electrons. The minimum absolute atomic E-state index is 0.128. The van der Waals surface area contributed by atoms with Gasteiger partial charge >= 0.3 is 0 Å². The van der Waals surface area contributed by atoms with Crippen LogP contribution >= 0.6 is 0 Å². The maximum Gasteiger partial charge on any atom is 0.231 e. The number of anilines is 3. The number of aromatic nitrogens is 4. The molecule has 4 N–H and O–H groups in total. The topological polar surface area (TPSA) is 102 Å². The molecule has 0 fully saturated rings. The number of hydrogen-bond acceptors (Lipinski definition) is 6. The fourth-order valence-electron chi connectivity index (χ4n) is 2.48. The van der Waals surface area contributed by atoms with Gasteiger partial charge in [0.25, 0.3) is 0 Å². The van der Waals surface area contributed by atoms with Crippen LogP contribution in [-0.4, -0.2) is 24.9 Å². The average molecular weight is 336 g/mol. The van der Waals surface area contributed by atoms with Crippen molar-refractivity contribution in [2.24, 2.45) is 0 Å². The second-order valence-corrected chi connectivity index (χ2v) is 5.32. The molecule has 0 spiro atoms. The number of para-hydroxylation sites is 2. The third kappa shape index (κ3) is 2.59. The molecule has 0 aliphatic carbocycles. The highest BCUT2D eigenvalue weighted by atomic mass is 19.1. The Balaban J connectivity index is 1.82. The molecule has 0 saturated carbocycles. The van der Waals surface area contributed by atoms with Crippen LogP contribution < -0.4 is 11.1 Å². The molecule has 2 aromatic carbocycles. The Morgan fingerprint density at radius 2 is 1.84 bits per heavy atom. The number of phenols is 1. The van der Waals surface area contributed by atoms with Gasteiger partial charge in [-0.3, -0.25) is 0 Å². The molecule has 0 aliphatic rings. The van der Waals surface area contributed by atoms with Gasteiger partial charge in [0.2, 0.25) is 5.95 Å². The summed E-state index contributed by atoms with van der Waals surface area (Å²) in [5, 5.41) is 17.5. The van der Waals surface area contributed by atoms with Gasteiger partial charge in [0.15, 0.2) is 17.2 Å². The van der Waals surface area contributed by atoms with Crippen LogP contribution in [0.5, 0.6) is 5.75 Å². The Labute approximate surface area is 141 Å². The second kappa shape index (κ2) is 5.75. The maximum absolute atomic E-state index is 13.5. The molecule has 0 bridgehead atoms. The van der Waals surface area contributed by atoms with Gasteiger partial charge in [0, 0.05) is 0 Å². The van der Waals surface area contributed by atoms with Crippen molar-refractivity contribution in [3.05, 3.63) is 60.5 Å². The van der Waals surface area contributed by atoms with Gasteiger partial charge < -0.3 is 16.2 Å². The van der Waals surface area contributed by atoms with Gasteiger partial charge in [-0.15, -0.1) is 0 Å². The number of halogens is 1. The highest BCUT2D eigenvalue weighted by molar-refractivity contribution is 5.87. The van der Waals surface area contributed by atoms with E-state index >= 15 is 0 Å². The molecule has 2 aromatic heterocycles. The summed E-state index contributed by atoms with van der Waals surface area (Å²) < 4.78 is 15.1. The lowest BCUT2D eigenvalue weighted by molar-refractivity contribution is 0.435. The first-order valence-electron chi connectivity index (χ1n) is 7.44. The van der Waals surface area contributed by atoms with Crippen molar-refractivity contribution >= 4 is 28.5 Å². The first-order chi connectivity index (χ1) is 12.1. The second-order valence-electron chi connectivity index (χ2n) is 5.32. The summed E-state index contributed by atoms with van der Waals surface area (Å²) in [6.07, 6.45) is 1.58. The lowest BCUT2D eigenvalue weighted by Crippen LogP contribution is -2.04. The third-order valence-corrected chi connectivity index (χ3v) is 3.69. The molecule has 0 amide bonds. The van der Waals surface area contributed by atoms with Crippen molar-refractivity contribution in [2.45, 2.75) is 0 Å². The normalized spacial score (nSPS) is 10.9. The van der Waals surface area contributed by atoms with Crippen LogP contribution in [-0.2, 0) is 0 Å². The van der Waals surface area contributed by atoms with E-state index in [0.717, 1.165) is 11.8 Å². The summed E-state index contributed by atoms with van der Waals surface area (Å²) in [5.74, 6) is -0.899. The molecule has 4 aromatic rings. The molecule has 0 radical (unpaired) electrons. The van der Waals surface area contributed by atoms with Gasteiger partial charge in [0.1, 0.15) is 5.82 Å². The number of nitrogens with one attached hydrogen (secondary N) is 1. The zero-order chi connectivity index (χ0) is 17.4. The van der Waals surface area contributed by atoms with E-state index in [1.807, 2.05) is 30.3 Å². The molecule has 7 nitrogen and oxygen atoms in total. The number of benzene rings is 2. The lowest BCUT2D eigenvalue weighted by atomic mass is 10.3. The van der Waals surface area contributed by atoms with E-state index < -0.39 is 11.6 Å². The van der Waals surface area contributed by atoms with Gasteiger partial charge in [-0.25, -0.2) is 9.07 Å². The predicted molar refractivity (Wildman–Crippen MR) is 92.4 cm³/mol. The Bertz CT molecular complexity index is 1060. The zero-order valence-corrected chi connectivity index (χ0v) is 12.9. The number of fused-ring (bicyclic) bond motifs is 1. The Morgan fingerprint density at radius 1 is 1.04 bits per heavy atom. The number of aromatic hydroxyl groups is 1. The largest absolute Gasteiger partial charge is 0.503 e. The molecule has 4 rings (SSSR count). The fraction of sp³-hybridized carbons (Fsp3) is 0. The molecule has 0 unspecified atom stereocenters. The number of hydrogen-bond donors (Lipinski definition) is 3. The highest BCUT2D eigenvalue weighted by Gasteiger charge is 2.14. The Kier molecular flexibility index (Phi) is 3.42. The molecule has 0 aliphatic heterocycles. The number of nitrogens with zero attached hydrogens (tertiary/aromatic N) is 4. The first-order valence-corrected chi connectivity index (χ1v) is 7.44. The van der Waals surface area contributed by atoms with Crippen molar-refractivity contribution in [2.75, 3.05) is 11.1 Å². The summed E-state index contributed by atoms with van der Waals surface area (Å²) in [6, 6.07) is 13.6. The van der Waals surface area contributed by atoms with Gasteiger partial charge in [-0.05, 0) is 24.3 Å². The number of rotatable bonds is 3. The minimum Gasteiger partial charge on any atom is -0.503 e. The van der Waals surface area contributed by atoms with Crippen LogP contribution in [0.25, 0.3) is 16.7 Å². The van der Waals surface area contributed by atoms with Crippen molar-refractivity contribution in [3.63, 3.8) is 0 Å². The molecule has 8 heteroatoms.